The van der Waals surface area contributed by atoms with Crippen LogP contribution in [0, 0.1) is 5.92 Å². The van der Waals surface area contributed by atoms with Gasteiger partial charge in [0.15, 0.2) is 0 Å². The fourth-order valence-corrected chi connectivity index (χ4v) is 5.57. The fourth-order valence-electron chi connectivity index (χ4n) is 3.67. The fraction of sp³-hybridized carbons (Fsp3) is 0.355. The molecule has 0 aliphatic carbocycles. The molecule has 0 heterocycles. The van der Waals surface area contributed by atoms with Gasteiger partial charge >= 0.3 is 9.05 Å². The van der Waals surface area contributed by atoms with E-state index in [1.807, 2.05) is 91.0 Å². The first-order valence-corrected chi connectivity index (χ1v) is 14.5. The standard InChI is InChI=1S/C31H40O4Si/c1-27(2)14-13-15-28(3)22-23-32-36(33-24-29-16-7-4-8-17-29,34-25-30-18-9-5-10-19-30)35-26-31-20-11-6-12-21-31/h4-12,14,16-21,28H,13,15,22-26H2,1-3H3. The molecule has 0 aliphatic rings. The van der Waals surface area contributed by atoms with Crippen LogP contribution in [0.5, 0.6) is 0 Å². The molecule has 5 heteroatoms. The predicted octanol–water partition coefficient (Wildman–Crippen LogP) is 7.86. The first-order chi connectivity index (χ1) is 17.5. The number of hydrogen-bond acceptors (Lipinski definition) is 4. The molecule has 0 radical (unpaired) electrons. The average Bonchev–Trinajstić information content (AvgIpc) is 2.91. The Morgan fingerprint density at radius 2 is 1.06 bits per heavy atom. The summed E-state index contributed by atoms with van der Waals surface area (Å²) in [6.07, 6.45) is 5.43. The molecule has 0 aromatic heterocycles. The van der Waals surface area contributed by atoms with Crippen molar-refractivity contribution >= 4 is 9.05 Å². The Morgan fingerprint density at radius 3 is 1.44 bits per heavy atom. The van der Waals surface area contributed by atoms with Gasteiger partial charge in [0.2, 0.25) is 0 Å². The van der Waals surface area contributed by atoms with Crippen LogP contribution in [0.15, 0.2) is 103 Å². The third-order valence-electron chi connectivity index (χ3n) is 5.88. The third-order valence-corrected chi connectivity index (χ3v) is 7.93. The monoisotopic (exact) mass is 504 g/mol. The Hall–Kier alpha value is -2.54. The molecule has 3 aromatic carbocycles. The van der Waals surface area contributed by atoms with Gasteiger partial charge in [-0.05, 0) is 55.7 Å². The minimum Gasteiger partial charge on any atom is -0.351 e. The zero-order chi connectivity index (χ0) is 25.5. The number of rotatable bonds is 16. The Balaban J connectivity index is 1.72. The Bertz CT molecular complexity index is 898. The molecule has 1 unspecified atom stereocenters. The van der Waals surface area contributed by atoms with Crippen molar-refractivity contribution in [1.82, 2.24) is 0 Å². The maximum Gasteiger partial charge on any atom is 0.680 e. The SMILES string of the molecule is CC(C)=CCCC(C)CCO[Si](OCc1ccccc1)(OCc1ccccc1)OCc1ccccc1. The molecule has 3 aromatic rings. The van der Waals surface area contributed by atoms with Gasteiger partial charge < -0.3 is 17.7 Å². The van der Waals surface area contributed by atoms with E-state index in [0.29, 0.717) is 32.3 Å². The van der Waals surface area contributed by atoms with Crippen molar-refractivity contribution in [2.45, 2.75) is 59.9 Å². The van der Waals surface area contributed by atoms with Gasteiger partial charge in [-0.3, -0.25) is 0 Å². The van der Waals surface area contributed by atoms with Gasteiger partial charge in [0, 0.05) is 6.61 Å². The lowest BCUT2D eigenvalue weighted by Gasteiger charge is -2.29. The molecule has 0 bridgehead atoms. The van der Waals surface area contributed by atoms with Crippen molar-refractivity contribution in [3.05, 3.63) is 119 Å². The summed E-state index contributed by atoms with van der Waals surface area (Å²) in [5, 5.41) is 0. The highest BCUT2D eigenvalue weighted by atomic mass is 28.4. The van der Waals surface area contributed by atoms with Crippen LogP contribution in [0.4, 0.5) is 0 Å². The van der Waals surface area contributed by atoms with E-state index in [1.165, 1.54) is 5.57 Å². The number of benzene rings is 3. The lowest BCUT2D eigenvalue weighted by atomic mass is 10.0. The summed E-state index contributed by atoms with van der Waals surface area (Å²) in [5.74, 6) is 0.532. The highest BCUT2D eigenvalue weighted by Crippen LogP contribution is 2.22. The van der Waals surface area contributed by atoms with E-state index in [-0.39, 0.29) is 0 Å². The smallest absolute Gasteiger partial charge is 0.351 e. The Kier molecular flexibility index (Phi) is 12.1. The number of hydrogen-bond donors (Lipinski definition) is 0. The maximum absolute atomic E-state index is 6.45. The predicted molar refractivity (Wildman–Crippen MR) is 148 cm³/mol. The van der Waals surface area contributed by atoms with Gasteiger partial charge in [-0.25, -0.2) is 0 Å². The average molecular weight is 505 g/mol. The molecule has 0 fully saturated rings. The highest BCUT2D eigenvalue weighted by Gasteiger charge is 2.46. The quantitative estimate of drug-likeness (QED) is 0.147. The first kappa shape index (κ1) is 28.0. The van der Waals surface area contributed by atoms with Crippen molar-refractivity contribution in [2.24, 2.45) is 5.92 Å². The van der Waals surface area contributed by atoms with Crippen molar-refractivity contribution in [2.75, 3.05) is 6.61 Å². The topological polar surface area (TPSA) is 36.9 Å². The van der Waals surface area contributed by atoms with Crippen LogP contribution in [0.1, 0.15) is 56.7 Å². The number of allylic oxidation sites excluding steroid dienone is 2. The second-order valence-corrected chi connectivity index (χ2v) is 11.6. The van der Waals surface area contributed by atoms with E-state index in [2.05, 4.69) is 26.8 Å². The normalized spacial score (nSPS) is 12.3. The van der Waals surface area contributed by atoms with Crippen LogP contribution in [0.25, 0.3) is 0 Å². The summed E-state index contributed by atoms with van der Waals surface area (Å²) in [6.45, 7) is 8.19. The molecular weight excluding hydrogens is 464 g/mol. The van der Waals surface area contributed by atoms with Crippen LogP contribution in [0.2, 0.25) is 0 Å². The van der Waals surface area contributed by atoms with Crippen molar-refractivity contribution in [1.29, 1.82) is 0 Å². The minimum absolute atomic E-state index is 0.368. The van der Waals surface area contributed by atoms with Crippen molar-refractivity contribution in [3.63, 3.8) is 0 Å². The molecule has 0 saturated carbocycles. The molecule has 192 valence electrons. The maximum atomic E-state index is 6.45. The van der Waals surface area contributed by atoms with Crippen LogP contribution in [0.3, 0.4) is 0 Å². The summed E-state index contributed by atoms with van der Waals surface area (Å²) >= 11 is 0. The molecule has 0 aliphatic heterocycles. The second-order valence-electron chi connectivity index (χ2n) is 9.42. The first-order valence-electron chi connectivity index (χ1n) is 12.9. The van der Waals surface area contributed by atoms with Crippen LogP contribution in [-0.4, -0.2) is 15.7 Å². The Labute approximate surface area is 218 Å². The molecule has 36 heavy (non-hydrogen) atoms. The minimum atomic E-state index is -3.47. The molecule has 0 saturated heterocycles. The summed E-state index contributed by atoms with van der Waals surface area (Å²) < 4.78 is 25.7. The van der Waals surface area contributed by atoms with Gasteiger partial charge in [0.05, 0.1) is 19.8 Å². The van der Waals surface area contributed by atoms with E-state index in [1.54, 1.807) is 0 Å². The van der Waals surface area contributed by atoms with Gasteiger partial charge in [0.1, 0.15) is 0 Å². The summed E-state index contributed by atoms with van der Waals surface area (Å²) in [4.78, 5) is 0. The van der Waals surface area contributed by atoms with E-state index in [0.717, 1.165) is 36.0 Å². The van der Waals surface area contributed by atoms with Crippen LogP contribution in [-0.2, 0) is 37.5 Å². The van der Waals surface area contributed by atoms with E-state index < -0.39 is 9.05 Å². The molecular formula is C31H40O4Si. The Morgan fingerprint density at radius 1 is 0.639 bits per heavy atom. The molecule has 4 nitrogen and oxygen atoms in total. The lowest BCUT2D eigenvalue weighted by molar-refractivity contribution is -0.0496. The van der Waals surface area contributed by atoms with Crippen LogP contribution < -0.4 is 0 Å². The summed E-state index contributed by atoms with van der Waals surface area (Å²) in [7, 11) is -3.47. The van der Waals surface area contributed by atoms with Crippen molar-refractivity contribution in [3.8, 4) is 0 Å². The van der Waals surface area contributed by atoms with Gasteiger partial charge in [-0.15, -0.1) is 0 Å². The van der Waals surface area contributed by atoms with Gasteiger partial charge in [0.25, 0.3) is 0 Å². The third kappa shape index (κ3) is 10.6. The highest BCUT2D eigenvalue weighted by molar-refractivity contribution is 6.53. The molecule has 0 N–H and O–H groups in total. The molecule has 3 rings (SSSR count). The van der Waals surface area contributed by atoms with E-state index >= 15 is 0 Å². The summed E-state index contributed by atoms with van der Waals surface area (Å²) in [5.41, 5.74) is 4.53. The summed E-state index contributed by atoms with van der Waals surface area (Å²) in [6, 6.07) is 30.3. The van der Waals surface area contributed by atoms with Gasteiger partial charge in [-0.2, -0.15) is 0 Å². The molecule has 0 amide bonds. The largest absolute Gasteiger partial charge is 0.680 e. The zero-order valence-corrected chi connectivity index (χ0v) is 22.9. The lowest BCUT2D eigenvalue weighted by Crippen LogP contribution is -2.49. The van der Waals surface area contributed by atoms with E-state index in [9.17, 15) is 0 Å². The van der Waals surface area contributed by atoms with Crippen molar-refractivity contribution < 1.29 is 17.7 Å². The molecule has 1 atom stereocenters. The van der Waals surface area contributed by atoms with Gasteiger partial charge in [-0.1, -0.05) is 110 Å². The second kappa shape index (κ2) is 15.5. The molecule has 0 spiro atoms. The van der Waals surface area contributed by atoms with Crippen LogP contribution >= 0.6 is 0 Å². The van der Waals surface area contributed by atoms with E-state index in [4.69, 9.17) is 17.7 Å². The zero-order valence-electron chi connectivity index (χ0n) is 21.9.